The SMILES string of the molecule is Nc1ccc(OCc2cncc(Br)c2)c(F)c1. The van der Waals surface area contributed by atoms with Crippen LogP contribution in [-0.2, 0) is 6.61 Å². The van der Waals surface area contributed by atoms with Gasteiger partial charge in [0.25, 0.3) is 0 Å². The molecule has 2 rings (SSSR count). The summed E-state index contributed by atoms with van der Waals surface area (Å²) in [6.07, 6.45) is 3.34. The standard InChI is InChI=1S/C12H10BrFN2O/c13-9-3-8(5-16-6-9)7-17-12-2-1-10(15)4-11(12)14/h1-6H,7,15H2. The molecule has 0 fully saturated rings. The van der Waals surface area contributed by atoms with Crippen molar-refractivity contribution >= 4 is 21.6 Å². The Bertz CT molecular complexity index is 534. The van der Waals surface area contributed by atoms with E-state index in [-0.39, 0.29) is 12.4 Å². The van der Waals surface area contributed by atoms with Gasteiger partial charge in [0.1, 0.15) is 6.61 Å². The summed E-state index contributed by atoms with van der Waals surface area (Å²) in [5.74, 6) is -0.285. The smallest absolute Gasteiger partial charge is 0.167 e. The van der Waals surface area contributed by atoms with Crippen molar-refractivity contribution in [1.29, 1.82) is 0 Å². The number of pyridine rings is 1. The van der Waals surface area contributed by atoms with Gasteiger partial charge in [-0.05, 0) is 34.1 Å². The molecule has 0 radical (unpaired) electrons. The molecule has 0 saturated heterocycles. The van der Waals surface area contributed by atoms with Crippen LogP contribution in [0.25, 0.3) is 0 Å². The van der Waals surface area contributed by atoms with E-state index in [0.29, 0.717) is 5.69 Å². The first-order chi connectivity index (χ1) is 8.15. The number of hydrogen-bond donors (Lipinski definition) is 1. The third kappa shape index (κ3) is 3.17. The first-order valence-electron chi connectivity index (χ1n) is 4.92. The lowest BCUT2D eigenvalue weighted by Gasteiger charge is -2.07. The van der Waals surface area contributed by atoms with Crippen LogP contribution < -0.4 is 10.5 Å². The monoisotopic (exact) mass is 296 g/mol. The zero-order chi connectivity index (χ0) is 12.3. The molecule has 0 aliphatic carbocycles. The Kier molecular flexibility index (Phi) is 3.58. The van der Waals surface area contributed by atoms with E-state index >= 15 is 0 Å². The van der Waals surface area contributed by atoms with Crippen molar-refractivity contribution in [2.24, 2.45) is 0 Å². The molecule has 2 aromatic rings. The van der Waals surface area contributed by atoms with Crippen molar-refractivity contribution in [3.63, 3.8) is 0 Å². The van der Waals surface area contributed by atoms with Gasteiger partial charge >= 0.3 is 0 Å². The third-order valence-electron chi connectivity index (χ3n) is 2.11. The highest BCUT2D eigenvalue weighted by Gasteiger charge is 2.04. The van der Waals surface area contributed by atoms with Crippen LogP contribution >= 0.6 is 15.9 Å². The highest BCUT2D eigenvalue weighted by atomic mass is 79.9. The summed E-state index contributed by atoms with van der Waals surface area (Å²) in [5, 5.41) is 0. The molecule has 5 heteroatoms. The molecule has 0 bridgehead atoms. The lowest BCUT2D eigenvalue weighted by molar-refractivity contribution is 0.290. The molecular formula is C12H10BrFN2O. The average Bonchev–Trinajstić information content (AvgIpc) is 2.28. The van der Waals surface area contributed by atoms with Crippen molar-refractivity contribution < 1.29 is 9.13 Å². The van der Waals surface area contributed by atoms with Crippen LogP contribution in [0.1, 0.15) is 5.56 Å². The summed E-state index contributed by atoms with van der Waals surface area (Å²) in [5.41, 5.74) is 6.67. The minimum Gasteiger partial charge on any atom is -0.486 e. The summed E-state index contributed by atoms with van der Waals surface area (Å²) in [4.78, 5) is 3.99. The van der Waals surface area contributed by atoms with E-state index in [1.807, 2.05) is 6.07 Å². The number of nitrogens with two attached hydrogens (primary N) is 1. The number of nitrogens with zero attached hydrogens (tertiary/aromatic N) is 1. The second-order valence-corrected chi connectivity index (χ2v) is 4.41. The largest absolute Gasteiger partial charge is 0.486 e. The third-order valence-corrected chi connectivity index (χ3v) is 2.55. The molecule has 1 aromatic heterocycles. The molecule has 3 nitrogen and oxygen atoms in total. The summed E-state index contributed by atoms with van der Waals surface area (Å²) >= 11 is 3.30. The molecule has 1 heterocycles. The Labute approximate surface area is 107 Å². The minimum atomic E-state index is -0.465. The molecule has 0 amide bonds. The average molecular weight is 297 g/mol. The van der Waals surface area contributed by atoms with Crippen LogP contribution in [0.2, 0.25) is 0 Å². The van der Waals surface area contributed by atoms with Gasteiger partial charge in [-0.2, -0.15) is 0 Å². The van der Waals surface area contributed by atoms with Crippen LogP contribution in [0.4, 0.5) is 10.1 Å². The molecule has 17 heavy (non-hydrogen) atoms. The van der Waals surface area contributed by atoms with E-state index in [1.54, 1.807) is 18.5 Å². The Morgan fingerprint density at radius 3 is 2.82 bits per heavy atom. The number of rotatable bonds is 3. The lowest BCUT2D eigenvalue weighted by Crippen LogP contribution is -1.98. The second-order valence-electron chi connectivity index (χ2n) is 3.49. The maximum Gasteiger partial charge on any atom is 0.167 e. The highest BCUT2D eigenvalue weighted by molar-refractivity contribution is 9.10. The van der Waals surface area contributed by atoms with Crippen molar-refractivity contribution in [3.8, 4) is 5.75 Å². The van der Waals surface area contributed by atoms with Gasteiger partial charge in [0, 0.05) is 34.2 Å². The Hall–Kier alpha value is -1.62. The quantitative estimate of drug-likeness (QED) is 0.885. The summed E-state index contributed by atoms with van der Waals surface area (Å²) < 4.78 is 19.6. The first kappa shape index (κ1) is 11.9. The Morgan fingerprint density at radius 1 is 1.29 bits per heavy atom. The van der Waals surface area contributed by atoms with Gasteiger partial charge in [0.05, 0.1) is 0 Å². The maximum absolute atomic E-state index is 13.4. The molecule has 0 unspecified atom stereocenters. The van der Waals surface area contributed by atoms with Crippen molar-refractivity contribution in [1.82, 2.24) is 4.98 Å². The fourth-order valence-electron chi connectivity index (χ4n) is 1.33. The van der Waals surface area contributed by atoms with Gasteiger partial charge in [-0.15, -0.1) is 0 Å². The fraction of sp³-hybridized carbons (Fsp3) is 0.0833. The fourth-order valence-corrected chi connectivity index (χ4v) is 1.74. The number of nitrogen functional groups attached to an aromatic ring is 1. The molecule has 1 aromatic carbocycles. The van der Waals surface area contributed by atoms with Crippen molar-refractivity contribution in [2.45, 2.75) is 6.61 Å². The zero-order valence-corrected chi connectivity index (χ0v) is 10.4. The Balaban J connectivity index is 2.07. The molecule has 0 spiro atoms. The van der Waals surface area contributed by atoms with Gasteiger partial charge in [-0.1, -0.05) is 0 Å². The van der Waals surface area contributed by atoms with Gasteiger partial charge in [0.2, 0.25) is 0 Å². The van der Waals surface area contributed by atoms with Crippen LogP contribution in [-0.4, -0.2) is 4.98 Å². The normalized spacial score (nSPS) is 10.2. The number of halogens is 2. The first-order valence-corrected chi connectivity index (χ1v) is 5.72. The maximum atomic E-state index is 13.4. The van der Waals surface area contributed by atoms with Gasteiger partial charge in [0.15, 0.2) is 11.6 Å². The topological polar surface area (TPSA) is 48.1 Å². The number of hydrogen-bond acceptors (Lipinski definition) is 3. The summed E-state index contributed by atoms with van der Waals surface area (Å²) in [7, 11) is 0. The van der Waals surface area contributed by atoms with Gasteiger partial charge < -0.3 is 10.5 Å². The zero-order valence-electron chi connectivity index (χ0n) is 8.86. The van der Waals surface area contributed by atoms with E-state index in [9.17, 15) is 4.39 Å². The van der Waals surface area contributed by atoms with E-state index in [1.165, 1.54) is 12.1 Å². The number of benzene rings is 1. The van der Waals surface area contributed by atoms with Crippen LogP contribution in [0, 0.1) is 5.82 Å². The molecule has 0 aliphatic heterocycles. The predicted molar refractivity (Wildman–Crippen MR) is 67.1 cm³/mol. The van der Waals surface area contributed by atoms with Crippen LogP contribution in [0.15, 0.2) is 41.1 Å². The number of ether oxygens (including phenoxy) is 1. The lowest BCUT2D eigenvalue weighted by atomic mass is 10.3. The second kappa shape index (κ2) is 5.14. The number of anilines is 1. The molecule has 0 saturated carbocycles. The number of aromatic nitrogens is 1. The molecule has 0 aliphatic rings. The van der Waals surface area contributed by atoms with E-state index in [4.69, 9.17) is 10.5 Å². The summed E-state index contributed by atoms with van der Waals surface area (Å²) in [6.45, 7) is 0.257. The van der Waals surface area contributed by atoms with Crippen molar-refractivity contribution in [2.75, 3.05) is 5.73 Å². The van der Waals surface area contributed by atoms with E-state index in [0.717, 1.165) is 10.0 Å². The molecule has 0 atom stereocenters. The predicted octanol–water partition coefficient (Wildman–Crippen LogP) is 3.14. The molecular weight excluding hydrogens is 287 g/mol. The van der Waals surface area contributed by atoms with Crippen molar-refractivity contribution in [3.05, 3.63) is 52.5 Å². The Morgan fingerprint density at radius 2 is 2.12 bits per heavy atom. The van der Waals surface area contributed by atoms with Crippen LogP contribution in [0.3, 0.4) is 0 Å². The van der Waals surface area contributed by atoms with Gasteiger partial charge in [-0.3, -0.25) is 4.98 Å². The minimum absolute atomic E-state index is 0.180. The van der Waals surface area contributed by atoms with Gasteiger partial charge in [-0.25, -0.2) is 4.39 Å². The molecule has 88 valence electrons. The van der Waals surface area contributed by atoms with Crippen LogP contribution in [0.5, 0.6) is 5.75 Å². The summed E-state index contributed by atoms with van der Waals surface area (Å²) in [6, 6.07) is 6.20. The van der Waals surface area contributed by atoms with E-state index in [2.05, 4.69) is 20.9 Å². The van der Waals surface area contributed by atoms with E-state index < -0.39 is 5.82 Å². The molecule has 2 N–H and O–H groups in total. The highest BCUT2D eigenvalue weighted by Crippen LogP contribution is 2.20.